The predicted octanol–water partition coefficient (Wildman–Crippen LogP) is 21.7. The number of halogens is 1. The minimum absolute atomic E-state index is 0.327. The molecule has 15 rings (SSSR count). The van der Waals surface area contributed by atoms with Crippen LogP contribution >= 0.6 is 11.6 Å². The third-order valence-corrected chi connectivity index (χ3v) is 17.1. The lowest BCUT2D eigenvalue weighted by atomic mass is 9.78. The normalized spacial score (nSPS) is 12.9. The van der Waals surface area contributed by atoms with Gasteiger partial charge in [-0.2, -0.15) is 5.26 Å². The molecule has 442 valence electrons. The minimum Gasteiger partial charge on any atom is -0.436 e. The van der Waals surface area contributed by atoms with Gasteiger partial charge in [0, 0.05) is 27.3 Å². The number of oxazole rings is 2. The molecule has 0 bridgehead atoms. The Morgan fingerprint density at radius 1 is 0.380 bits per heavy atom. The maximum absolute atomic E-state index is 9.07. The summed E-state index contributed by atoms with van der Waals surface area (Å²) in [7, 11) is -0.335. The number of benzene rings is 12. The van der Waals surface area contributed by atoms with Crippen LogP contribution in [0.25, 0.3) is 128 Å². The summed E-state index contributed by atoms with van der Waals surface area (Å²) >= 11 is 6.16. The molecule has 0 aliphatic carbocycles. The Hall–Kier alpha value is -11.2. The summed E-state index contributed by atoms with van der Waals surface area (Å²) < 4.78 is 24.7. The fourth-order valence-electron chi connectivity index (χ4n) is 11.2. The van der Waals surface area contributed by atoms with Crippen molar-refractivity contribution in [3.05, 3.63) is 313 Å². The van der Waals surface area contributed by atoms with Crippen LogP contribution in [0.4, 0.5) is 5.69 Å². The largest absolute Gasteiger partial charge is 0.494 e. The number of fused-ring (bicyclic) bond motifs is 2. The highest BCUT2D eigenvalue weighted by Gasteiger charge is 2.51. The third-order valence-electron chi connectivity index (χ3n) is 16.9. The summed E-state index contributed by atoms with van der Waals surface area (Å²) in [6, 6.07) is 99.8. The average Bonchev–Trinajstić information content (AvgIpc) is 1.68. The van der Waals surface area contributed by atoms with Crippen LogP contribution in [-0.2, 0) is 9.31 Å². The van der Waals surface area contributed by atoms with Crippen molar-refractivity contribution in [3.8, 4) is 107 Å². The highest BCUT2D eigenvalue weighted by Crippen LogP contribution is 2.41. The van der Waals surface area contributed by atoms with Gasteiger partial charge < -0.3 is 18.1 Å². The zero-order valence-corrected chi connectivity index (χ0v) is 51.8. The number of aromatic nitrogens is 2. The molecule has 0 radical (unpaired) electrons. The van der Waals surface area contributed by atoms with Crippen molar-refractivity contribution in [1.82, 2.24) is 9.97 Å². The molecule has 0 unspecified atom stereocenters. The molecule has 1 aliphatic heterocycles. The fourth-order valence-corrected chi connectivity index (χ4v) is 11.4. The van der Waals surface area contributed by atoms with Crippen molar-refractivity contribution in [1.29, 1.82) is 5.26 Å². The molecule has 0 amide bonds. The van der Waals surface area contributed by atoms with E-state index in [9.17, 15) is 0 Å². The maximum atomic E-state index is 9.07. The number of nitriles is 1. The Kier molecular flexibility index (Phi) is 17.0. The second-order valence-electron chi connectivity index (χ2n) is 23.5. The van der Waals surface area contributed by atoms with Gasteiger partial charge in [0.05, 0.1) is 29.4 Å². The molecule has 3 heterocycles. The molecule has 0 atom stereocenters. The number of hydrogen-bond donors (Lipinski definition) is 0. The first-order valence-corrected chi connectivity index (χ1v) is 30.7. The molecule has 8 nitrogen and oxygen atoms in total. The second kappa shape index (κ2) is 26.1. The van der Waals surface area contributed by atoms with Gasteiger partial charge in [-0.3, -0.25) is 0 Å². The molecule has 14 aromatic rings. The first-order chi connectivity index (χ1) is 44.8. The van der Waals surface area contributed by atoms with E-state index in [1.54, 1.807) is 0 Å². The lowest BCUT2D eigenvalue weighted by Crippen LogP contribution is -2.41. The quantitative estimate of drug-likeness (QED) is 0.0993. The zero-order chi connectivity index (χ0) is 63.2. The van der Waals surface area contributed by atoms with Gasteiger partial charge in [0.1, 0.15) is 11.0 Å². The molecule has 2 aromatic heterocycles. The lowest BCUT2D eigenvalue weighted by molar-refractivity contribution is 0.00578. The summed E-state index contributed by atoms with van der Waals surface area (Å²) in [6.07, 6.45) is 0. The van der Waals surface area contributed by atoms with E-state index in [1.807, 2.05) is 158 Å². The van der Waals surface area contributed by atoms with Crippen LogP contribution in [0.15, 0.2) is 300 Å². The maximum Gasteiger partial charge on any atom is 0.494 e. The SMILES string of the molecule is Clc1cccc(-c2nc3c(-c4ccccc4)cc(-c4ccccc4)cc3o2)c1.N#Cc1ccc(-c2ccc(-c3cccc(-c4nc5c(-c6ccccc6)cc(-c6ccccc6)cc5o4)c3)cc2)cc1.[C-]#[N+]c1ccc(-c2ccc(B3OC(C)(C)C(C)(C)O3)cc2)cc1. The highest BCUT2D eigenvalue weighted by molar-refractivity contribution is 6.62. The van der Waals surface area contributed by atoms with Crippen LogP contribution in [0.5, 0.6) is 0 Å². The van der Waals surface area contributed by atoms with Crippen molar-refractivity contribution in [2.75, 3.05) is 0 Å². The van der Waals surface area contributed by atoms with Gasteiger partial charge in [-0.1, -0.05) is 236 Å². The van der Waals surface area contributed by atoms with Gasteiger partial charge in [0.15, 0.2) is 16.9 Å². The second-order valence-corrected chi connectivity index (χ2v) is 23.9. The molecule has 1 aliphatic rings. The number of hydrogen-bond acceptors (Lipinski definition) is 7. The first kappa shape index (κ1) is 59.8. The molecule has 12 aromatic carbocycles. The molecule has 0 N–H and O–H groups in total. The van der Waals surface area contributed by atoms with E-state index in [1.165, 1.54) is 0 Å². The number of rotatable bonds is 10. The summed E-state index contributed by atoms with van der Waals surface area (Å²) in [5.74, 6) is 1.17. The van der Waals surface area contributed by atoms with Crippen molar-refractivity contribution in [3.63, 3.8) is 0 Å². The van der Waals surface area contributed by atoms with Crippen LogP contribution in [0.2, 0.25) is 5.02 Å². The first-order valence-electron chi connectivity index (χ1n) is 30.4. The van der Waals surface area contributed by atoms with Crippen LogP contribution in [0, 0.1) is 17.9 Å². The van der Waals surface area contributed by atoms with Gasteiger partial charge in [-0.25, -0.2) is 14.8 Å². The van der Waals surface area contributed by atoms with Crippen molar-refractivity contribution >= 4 is 52.1 Å². The third kappa shape index (κ3) is 13.0. The van der Waals surface area contributed by atoms with Crippen LogP contribution in [0.1, 0.15) is 33.3 Å². The Labute approximate surface area is 541 Å². The van der Waals surface area contributed by atoms with Crippen LogP contribution in [-0.4, -0.2) is 28.3 Å². The van der Waals surface area contributed by atoms with Crippen molar-refractivity contribution < 1.29 is 18.1 Å². The molecular weight excluding hydrogens is 1150 g/mol. The van der Waals surface area contributed by atoms with E-state index in [4.69, 9.17) is 51.5 Å². The van der Waals surface area contributed by atoms with Gasteiger partial charge in [0.2, 0.25) is 11.8 Å². The van der Waals surface area contributed by atoms with Crippen LogP contribution < -0.4 is 5.46 Å². The van der Waals surface area contributed by atoms with Gasteiger partial charge in [0.25, 0.3) is 0 Å². The molecule has 1 saturated heterocycles. The number of nitrogens with zero attached hydrogens (tertiary/aromatic N) is 4. The van der Waals surface area contributed by atoms with E-state index < -0.39 is 0 Å². The molecule has 10 heteroatoms. The van der Waals surface area contributed by atoms with E-state index >= 15 is 0 Å². The molecule has 0 spiro atoms. The Morgan fingerprint density at radius 2 is 0.739 bits per heavy atom. The smallest absolute Gasteiger partial charge is 0.436 e. The summed E-state index contributed by atoms with van der Waals surface area (Å²) in [5, 5.41) is 9.73. The summed E-state index contributed by atoms with van der Waals surface area (Å²) in [5.41, 5.74) is 22.1. The highest BCUT2D eigenvalue weighted by atomic mass is 35.5. The summed E-state index contributed by atoms with van der Waals surface area (Å²) in [4.78, 5) is 13.2. The predicted molar refractivity (Wildman–Crippen MR) is 375 cm³/mol. The van der Waals surface area contributed by atoms with Crippen molar-refractivity contribution in [2.45, 2.75) is 38.9 Å². The fraction of sp³-hybridized carbons (Fsp3) is 0.0732. The Bertz CT molecular complexity index is 4970. The van der Waals surface area contributed by atoms with Gasteiger partial charge in [-0.05, 0) is 167 Å². The topological polar surface area (TPSA) is 98.7 Å². The van der Waals surface area contributed by atoms with E-state index in [0.29, 0.717) is 28.1 Å². The lowest BCUT2D eigenvalue weighted by Gasteiger charge is -2.32. The Balaban J connectivity index is 0.000000133. The van der Waals surface area contributed by atoms with Crippen molar-refractivity contribution in [2.24, 2.45) is 0 Å². The summed E-state index contributed by atoms with van der Waals surface area (Å²) in [6.45, 7) is 15.2. The molecular formula is C82H60BClN4O4. The van der Waals surface area contributed by atoms with E-state index in [0.717, 1.165) is 117 Å². The molecule has 1 fully saturated rings. The van der Waals surface area contributed by atoms with E-state index in [2.05, 4.69) is 172 Å². The van der Waals surface area contributed by atoms with Crippen LogP contribution in [0.3, 0.4) is 0 Å². The standard InChI is InChI=1S/C38H24N2O.C25H16ClNO.C19H20BNO2/c39-25-26-14-16-28(17-15-26)29-18-20-30(21-19-29)32-12-7-13-33(22-32)38-40-37-35(31-10-5-2-6-11-31)23-34(24-36(37)41-38)27-8-3-1-4-9-27;26-21-13-7-12-19(14-21)25-27-24-22(18-10-5-2-6-11-18)15-20(16-23(24)28-25)17-8-3-1-4-9-17;1-18(2)19(3,4)23-20(22-18)16-10-6-14(7-11-16)15-8-12-17(21-5)13-9-15/h1-24H;1-16H;6-13H,1-4H3. The minimum atomic E-state index is -0.335. The average molecular weight is 1210 g/mol. The van der Waals surface area contributed by atoms with Gasteiger partial charge in [-0.15, -0.1) is 0 Å². The Morgan fingerprint density at radius 3 is 1.17 bits per heavy atom. The molecule has 0 saturated carbocycles. The molecule has 92 heavy (non-hydrogen) atoms. The monoisotopic (exact) mass is 1210 g/mol. The zero-order valence-electron chi connectivity index (χ0n) is 51.1. The van der Waals surface area contributed by atoms with E-state index in [-0.39, 0.29) is 18.3 Å². The van der Waals surface area contributed by atoms with Gasteiger partial charge >= 0.3 is 7.12 Å².